The van der Waals surface area contributed by atoms with E-state index < -0.39 is 5.91 Å². The van der Waals surface area contributed by atoms with E-state index in [9.17, 15) is 9.59 Å². The van der Waals surface area contributed by atoms with E-state index in [0.717, 1.165) is 24.9 Å². The van der Waals surface area contributed by atoms with Crippen LogP contribution in [0.15, 0.2) is 18.3 Å². The van der Waals surface area contributed by atoms with Crippen molar-refractivity contribution in [3.63, 3.8) is 0 Å². The smallest absolute Gasteiger partial charge is 0.252 e. The first-order chi connectivity index (χ1) is 15.3. The summed E-state index contributed by atoms with van der Waals surface area (Å²) in [6.07, 6.45) is 2.74. The van der Waals surface area contributed by atoms with Gasteiger partial charge >= 0.3 is 0 Å². The zero-order chi connectivity index (χ0) is 22.8. The lowest BCUT2D eigenvalue weighted by Crippen LogP contribution is -2.42. The molecular weight excluding hydrogens is 408 g/mol. The average Bonchev–Trinajstić information content (AvgIpc) is 3.13. The molecule has 3 heterocycles. The Morgan fingerprint density at radius 3 is 2.75 bits per heavy atom. The van der Waals surface area contributed by atoms with Crippen molar-refractivity contribution in [1.82, 2.24) is 15.2 Å². The zero-order valence-corrected chi connectivity index (χ0v) is 18.6. The maximum atomic E-state index is 12.1. The van der Waals surface area contributed by atoms with Crippen molar-refractivity contribution >= 4 is 22.6 Å². The van der Waals surface area contributed by atoms with Gasteiger partial charge in [0, 0.05) is 42.4 Å². The van der Waals surface area contributed by atoms with Crippen LogP contribution in [0.1, 0.15) is 42.6 Å². The molecular formula is C24H28N4O4. The van der Waals surface area contributed by atoms with Gasteiger partial charge in [0.1, 0.15) is 12.4 Å². The molecule has 2 aliphatic rings. The third-order valence-electron chi connectivity index (χ3n) is 5.56. The fourth-order valence-electron chi connectivity index (χ4n) is 3.95. The number of ether oxygens (including phenoxy) is 2. The van der Waals surface area contributed by atoms with Crippen molar-refractivity contribution in [2.75, 3.05) is 26.7 Å². The van der Waals surface area contributed by atoms with Gasteiger partial charge in [-0.15, -0.1) is 0 Å². The minimum absolute atomic E-state index is 0.0300. The van der Waals surface area contributed by atoms with Gasteiger partial charge in [-0.25, -0.2) is 4.98 Å². The minimum atomic E-state index is -0.574. The SMILES string of the molecule is CC(C)Oc1cc2c(OC[C@@H]3CCC(=O)N3)ncc(C#CC3CN(C)C3)c2cc1C(N)=O. The summed E-state index contributed by atoms with van der Waals surface area (Å²) < 4.78 is 11.8. The Morgan fingerprint density at radius 1 is 1.34 bits per heavy atom. The first-order valence-electron chi connectivity index (χ1n) is 10.9. The molecule has 0 aliphatic carbocycles. The van der Waals surface area contributed by atoms with Crippen LogP contribution in [0.4, 0.5) is 0 Å². The van der Waals surface area contributed by atoms with Gasteiger partial charge in [-0.05, 0) is 39.4 Å². The molecule has 0 radical (unpaired) electrons. The molecule has 0 bridgehead atoms. The summed E-state index contributed by atoms with van der Waals surface area (Å²) >= 11 is 0. The number of rotatable bonds is 6. The highest BCUT2D eigenvalue weighted by Gasteiger charge is 2.23. The van der Waals surface area contributed by atoms with Crippen LogP contribution >= 0.6 is 0 Å². The van der Waals surface area contributed by atoms with E-state index >= 15 is 0 Å². The van der Waals surface area contributed by atoms with Crippen LogP contribution in [0.3, 0.4) is 0 Å². The molecule has 2 saturated heterocycles. The number of amides is 2. The van der Waals surface area contributed by atoms with Crippen molar-refractivity contribution < 1.29 is 19.1 Å². The fraction of sp³-hybridized carbons (Fsp3) is 0.458. The van der Waals surface area contributed by atoms with Crippen LogP contribution in [0.5, 0.6) is 11.6 Å². The number of primary amides is 1. The van der Waals surface area contributed by atoms with Gasteiger partial charge in [0.25, 0.3) is 5.91 Å². The highest BCUT2D eigenvalue weighted by molar-refractivity contribution is 6.03. The van der Waals surface area contributed by atoms with Crippen LogP contribution in [-0.4, -0.2) is 60.6 Å². The number of carbonyl (C=O) groups excluding carboxylic acids is 2. The Bertz CT molecular complexity index is 1110. The van der Waals surface area contributed by atoms with E-state index in [1.165, 1.54) is 0 Å². The van der Waals surface area contributed by atoms with E-state index in [-0.39, 0.29) is 23.6 Å². The van der Waals surface area contributed by atoms with Gasteiger partial charge in [-0.1, -0.05) is 11.8 Å². The summed E-state index contributed by atoms with van der Waals surface area (Å²) in [4.78, 5) is 30.3. The van der Waals surface area contributed by atoms with Gasteiger partial charge in [0.05, 0.1) is 23.3 Å². The largest absolute Gasteiger partial charge is 0.490 e. The Kier molecular flexibility index (Phi) is 6.19. The lowest BCUT2D eigenvalue weighted by molar-refractivity contribution is -0.119. The molecule has 2 aliphatic heterocycles. The van der Waals surface area contributed by atoms with Crippen LogP contribution in [0.2, 0.25) is 0 Å². The number of benzene rings is 1. The molecule has 3 N–H and O–H groups in total. The molecule has 2 aromatic rings. The lowest BCUT2D eigenvalue weighted by Gasteiger charge is -2.32. The van der Waals surface area contributed by atoms with Gasteiger partial charge in [0.2, 0.25) is 11.8 Å². The van der Waals surface area contributed by atoms with Crippen molar-refractivity contribution in [3.05, 3.63) is 29.5 Å². The summed E-state index contributed by atoms with van der Waals surface area (Å²) in [6, 6.07) is 3.40. The zero-order valence-electron chi connectivity index (χ0n) is 18.6. The monoisotopic (exact) mass is 436 g/mol. The van der Waals surface area contributed by atoms with Crippen LogP contribution in [-0.2, 0) is 4.79 Å². The molecule has 8 nitrogen and oxygen atoms in total. The van der Waals surface area contributed by atoms with Gasteiger partial charge < -0.3 is 25.4 Å². The maximum absolute atomic E-state index is 12.1. The number of nitrogens with zero attached hydrogens (tertiary/aromatic N) is 2. The number of fused-ring (bicyclic) bond motifs is 1. The normalized spacial score (nSPS) is 18.8. The van der Waals surface area contributed by atoms with E-state index in [2.05, 4.69) is 34.1 Å². The van der Waals surface area contributed by atoms with Gasteiger partial charge in [-0.3, -0.25) is 9.59 Å². The third-order valence-corrected chi connectivity index (χ3v) is 5.56. The van der Waals surface area contributed by atoms with Gasteiger partial charge in [-0.2, -0.15) is 0 Å². The molecule has 2 amide bonds. The molecule has 0 unspecified atom stereocenters. The molecule has 1 atom stereocenters. The van der Waals surface area contributed by atoms with E-state index in [4.69, 9.17) is 15.2 Å². The Morgan fingerprint density at radius 2 is 2.12 bits per heavy atom. The fourth-order valence-corrected chi connectivity index (χ4v) is 3.95. The van der Waals surface area contributed by atoms with Gasteiger partial charge in [0.15, 0.2) is 0 Å². The number of pyridine rings is 1. The number of likely N-dealkylation sites (tertiary alicyclic amines) is 1. The standard InChI is InChI=1S/C24H28N4O4/c1-14(2)32-21-9-19-18(8-20(21)23(25)30)16(5-4-15-11-28(3)12-15)10-26-24(19)31-13-17-6-7-22(29)27-17/h8-10,14-15,17H,6-7,11-13H2,1-3H3,(H2,25,30)(H,27,29)/t17-/m0/s1. The molecule has 1 aromatic heterocycles. The Labute approximate surface area is 187 Å². The first kappa shape index (κ1) is 21.9. The topological polar surface area (TPSA) is 107 Å². The quantitative estimate of drug-likeness (QED) is 0.668. The van der Waals surface area contributed by atoms with Crippen molar-refractivity contribution in [3.8, 4) is 23.5 Å². The first-order valence-corrected chi connectivity index (χ1v) is 10.9. The van der Waals surface area contributed by atoms with E-state index in [1.54, 1.807) is 18.3 Å². The summed E-state index contributed by atoms with van der Waals surface area (Å²) in [6.45, 7) is 5.94. The van der Waals surface area contributed by atoms with Crippen LogP contribution in [0.25, 0.3) is 10.8 Å². The number of carbonyl (C=O) groups is 2. The summed E-state index contributed by atoms with van der Waals surface area (Å²) in [5.41, 5.74) is 6.64. The summed E-state index contributed by atoms with van der Waals surface area (Å²) in [5, 5.41) is 4.31. The Balaban J connectivity index is 1.74. The van der Waals surface area contributed by atoms with Crippen LogP contribution < -0.4 is 20.5 Å². The third kappa shape index (κ3) is 4.78. The molecule has 4 rings (SSSR count). The molecule has 8 heteroatoms. The predicted octanol–water partition coefficient (Wildman–Crippen LogP) is 1.69. The second kappa shape index (κ2) is 9.05. The highest BCUT2D eigenvalue weighted by Crippen LogP contribution is 2.33. The van der Waals surface area contributed by atoms with E-state index in [0.29, 0.717) is 41.5 Å². The van der Waals surface area contributed by atoms with Crippen LogP contribution in [0, 0.1) is 17.8 Å². The second-order valence-electron chi connectivity index (χ2n) is 8.70. The molecule has 32 heavy (non-hydrogen) atoms. The number of nitrogens with one attached hydrogen (secondary N) is 1. The predicted molar refractivity (Wildman–Crippen MR) is 121 cm³/mol. The second-order valence-corrected chi connectivity index (χ2v) is 8.70. The van der Waals surface area contributed by atoms with Crippen molar-refractivity contribution in [2.45, 2.75) is 38.8 Å². The lowest BCUT2D eigenvalue weighted by atomic mass is 9.99. The number of nitrogens with two attached hydrogens (primary N) is 1. The minimum Gasteiger partial charge on any atom is -0.490 e. The molecule has 2 fully saturated rings. The maximum Gasteiger partial charge on any atom is 0.252 e. The molecule has 0 spiro atoms. The molecule has 0 saturated carbocycles. The van der Waals surface area contributed by atoms with Crippen molar-refractivity contribution in [2.24, 2.45) is 11.7 Å². The summed E-state index contributed by atoms with van der Waals surface area (Å²) in [7, 11) is 2.06. The number of hydrogen-bond acceptors (Lipinski definition) is 6. The number of hydrogen-bond donors (Lipinski definition) is 2. The average molecular weight is 437 g/mol. The highest BCUT2D eigenvalue weighted by atomic mass is 16.5. The Hall–Kier alpha value is -3.31. The van der Waals surface area contributed by atoms with Crippen molar-refractivity contribution in [1.29, 1.82) is 0 Å². The van der Waals surface area contributed by atoms with E-state index in [1.807, 2.05) is 13.8 Å². The number of aromatic nitrogens is 1. The molecule has 1 aromatic carbocycles. The summed E-state index contributed by atoms with van der Waals surface area (Å²) in [5.74, 6) is 7.06. The molecule has 168 valence electrons.